The Kier molecular flexibility index (Phi) is 6.82. The molecule has 1 aliphatic carbocycles. The van der Waals surface area contributed by atoms with Crippen LogP contribution < -0.4 is 15.6 Å². The number of thiophene rings is 1. The summed E-state index contributed by atoms with van der Waals surface area (Å²) in [6.07, 6.45) is 7.04. The zero-order chi connectivity index (χ0) is 22.7. The second-order valence-electron chi connectivity index (χ2n) is 8.00. The summed E-state index contributed by atoms with van der Waals surface area (Å²) in [6.45, 7) is 0.894. The Hall–Kier alpha value is -2.43. The summed E-state index contributed by atoms with van der Waals surface area (Å²) in [6, 6.07) is 6.12. The zero-order valence-electron chi connectivity index (χ0n) is 18.0. The molecule has 2 amide bonds. The van der Waals surface area contributed by atoms with Crippen LogP contribution in [0.15, 0.2) is 29.2 Å². The highest BCUT2D eigenvalue weighted by Gasteiger charge is 2.30. The number of aryl methyl sites for hydroxylation is 2. The van der Waals surface area contributed by atoms with Gasteiger partial charge in [-0.1, -0.05) is 6.42 Å². The highest BCUT2D eigenvalue weighted by Crippen LogP contribution is 2.30. The number of hydrazine groups is 1. The summed E-state index contributed by atoms with van der Waals surface area (Å²) in [5.74, 6) is -0.801. The Morgan fingerprint density at radius 2 is 1.69 bits per heavy atom. The smallest absolute Gasteiger partial charge is 0.279 e. The minimum Gasteiger partial charge on any atom is -0.495 e. The second kappa shape index (κ2) is 9.60. The van der Waals surface area contributed by atoms with Gasteiger partial charge in [0.2, 0.25) is 10.0 Å². The predicted octanol–water partition coefficient (Wildman–Crippen LogP) is 2.88. The Bertz CT molecular complexity index is 1100. The van der Waals surface area contributed by atoms with E-state index in [1.165, 1.54) is 57.8 Å². The van der Waals surface area contributed by atoms with Crippen LogP contribution in [0.1, 0.15) is 62.6 Å². The molecule has 2 aliphatic rings. The lowest BCUT2D eigenvalue weighted by Gasteiger charge is -2.18. The third kappa shape index (κ3) is 4.67. The molecule has 2 aromatic rings. The average molecular weight is 478 g/mol. The molecule has 0 radical (unpaired) electrons. The van der Waals surface area contributed by atoms with E-state index in [2.05, 4.69) is 10.9 Å². The molecule has 1 saturated heterocycles. The summed E-state index contributed by atoms with van der Waals surface area (Å²) in [5, 5.41) is 0. The van der Waals surface area contributed by atoms with Crippen LogP contribution in [0.5, 0.6) is 5.75 Å². The third-order valence-electron chi connectivity index (χ3n) is 5.87. The van der Waals surface area contributed by atoms with Crippen LogP contribution in [0.4, 0.5) is 0 Å². The van der Waals surface area contributed by atoms with Gasteiger partial charge in [0.05, 0.1) is 12.0 Å². The SMILES string of the molecule is COc1ccc(C(=O)NNC(=O)c2cc3c(s2)CCCCC3)cc1S(=O)(=O)N1CCCC1. The number of carbonyl (C=O) groups excluding carboxylic acids is 2. The van der Waals surface area contributed by atoms with Gasteiger partial charge >= 0.3 is 0 Å². The molecule has 1 aromatic carbocycles. The molecule has 1 aromatic heterocycles. The topological polar surface area (TPSA) is 105 Å². The second-order valence-corrected chi connectivity index (χ2v) is 11.0. The number of nitrogens with one attached hydrogen (secondary N) is 2. The summed E-state index contributed by atoms with van der Waals surface area (Å²) in [4.78, 5) is 26.9. The first-order chi connectivity index (χ1) is 15.4. The van der Waals surface area contributed by atoms with E-state index in [9.17, 15) is 18.0 Å². The highest BCUT2D eigenvalue weighted by atomic mass is 32.2. The number of ether oxygens (including phenoxy) is 1. The lowest BCUT2D eigenvalue weighted by Crippen LogP contribution is -2.41. The van der Waals surface area contributed by atoms with Crippen LogP contribution in [-0.2, 0) is 22.9 Å². The summed E-state index contributed by atoms with van der Waals surface area (Å²) < 4.78 is 32.6. The normalized spacial score (nSPS) is 16.8. The summed E-state index contributed by atoms with van der Waals surface area (Å²) >= 11 is 1.46. The van der Waals surface area contributed by atoms with E-state index in [0.717, 1.165) is 38.5 Å². The molecular weight excluding hydrogens is 450 g/mol. The minimum atomic E-state index is -3.77. The van der Waals surface area contributed by atoms with E-state index < -0.39 is 15.9 Å². The van der Waals surface area contributed by atoms with Crippen LogP contribution in [-0.4, -0.2) is 44.7 Å². The first-order valence-corrected chi connectivity index (χ1v) is 13.1. The van der Waals surface area contributed by atoms with Gasteiger partial charge in [0.15, 0.2) is 0 Å². The summed E-state index contributed by atoms with van der Waals surface area (Å²) in [5.41, 5.74) is 6.17. The molecule has 32 heavy (non-hydrogen) atoms. The number of rotatable bonds is 5. The number of methoxy groups -OCH3 is 1. The Balaban J connectivity index is 1.47. The van der Waals surface area contributed by atoms with Crippen molar-refractivity contribution in [3.8, 4) is 5.75 Å². The lowest BCUT2D eigenvalue weighted by atomic mass is 10.1. The van der Waals surface area contributed by atoms with Crippen LogP contribution in [0.25, 0.3) is 0 Å². The Labute approximate surface area is 192 Å². The molecule has 0 spiro atoms. The molecule has 1 fully saturated rings. The number of sulfonamides is 1. The molecule has 0 bridgehead atoms. The maximum absolute atomic E-state index is 13.0. The van der Waals surface area contributed by atoms with Gasteiger partial charge in [-0.15, -0.1) is 11.3 Å². The average Bonchev–Trinajstić information content (AvgIpc) is 3.43. The van der Waals surface area contributed by atoms with Crippen molar-refractivity contribution in [2.75, 3.05) is 20.2 Å². The number of fused-ring (bicyclic) bond motifs is 1. The largest absolute Gasteiger partial charge is 0.495 e. The van der Waals surface area contributed by atoms with Gasteiger partial charge in [-0.05, 0) is 68.4 Å². The molecular formula is C22H27N3O5S2. The molecule has 1 aliphatic heterocycles. The first-order valence-electron chi connectivity index (χ1n) is 10.8. The van der Waals surface area contributed by atoms with Crippen molar-refractivity contribution in [2.24, 2.45) is 0 Å². The van der Waals surface area contributed by atoms with Gasteiger partial charge in [0, 0.05) is 23.5 Å². The van der Waals surface area contributed by atoms with E-state index in [1.807, 2.05) is 6.07 Å². The molecule has 0 saturated carbocycles. The van der Waals surface area contributed by atoms with Gasteiger partial charge in [0.1, 0.15) is 10.6 Å². The molecule has 2 heterocycles. The Morgan fingerprint density at radius 1 is 0.969 bits per heavy atom. The van der Waals surface area contributed by atoms with E-state index in [1.54, 1.807) is 0 Å². The standard InChI is InChI=1S/C22H27N3O5S2/c1-30-17-10-9-16(14-20(17)32(28,29)25-11-5-6-12-25)21(26)23-24-22(27)19-13-15-7-3-2-4-8-18(15)31-19/h9-10,13-14H,2-8,11-12H2,1H3,(H,23,26)(H,24,27). The van der Waals surface area contributed by atoms with Crippen LogP contribution in [0.2, 0.25) is 0 Å². The molecule has 0 unspecified atom stereocenters. The van der Waals surface area contributed by atoms with Crippen molar-refractivity contribution in [1.82, 2.24) is 15.2 Å². The van der Waals surface area contributed by atoms with E-state index >= 15 is 0 Å². The monoisotopic (exact) mass is 477 g/mol. The van der Waals surface area contributed by atoms with E-state index in [4.69, 9.17) is 4.74 Å². The predicted molar refractivity (Wildman–Crippen MR) is 121 cm³/mol. The molecule has 0 atom stereocenters. The van der Waals surface area contributed by atoms with Gasteiger partial charge in [-0.2, -0.15) is 4.31 Å². The third-order valence-corrected chi connectivity index (χ3v) is 9.02. The van der Waals surface area contributed by atoms with E-state index in [0.29, 0.717) is 18.0 Å². The Morgan fingerprint density at radius 3 is 2.44 bits per heavy atom. The van der Waals surface area contributed by atoms with Gasteiger partial charge in [-0.25, -0.2) is 8.42 Å². The first kappa shape index (κ1) is 22.8. The maximum Gasteiger partial charge on any atom is 0.279 e. The molecule has 172 valence electrons. The number of hydrogen-bond acceptors (Lipinski definition) is 6. The van der Waals surface area contributed by atoms with Crippen molar-refractivity contribution < 1.29 is 22.7 Å². The van der Waals surface area contributed by atoms with Gasteiger partial charge < -0.3 is 4.74 Å². The number of nitrogens with zero attached hydrogens (tertiary/aromatic N) is 1. The van der Waals surface area contributed by atoms with Gasteiger partial charge in [0.25, 0.3) is 11.8 Å². The fourth-order valence-electron chi connectivity index (χ4n) is 4.11. The van der Waals surface area contributed by atoms with Crippen molar-refractivity contribution >= 4 is 33.2 Å². The van der Waals surface area contributed by atoms with Crippen molar-refractivity contribution in [1.29, 1.82) is 0 Å². The lowest BCUT2D eigenvalue weighted by molar-refractivity contribution is 0.0848. The number of amides is 2. The molecule has 2 N–H and O–H groups in total. The van der Waals surface area contributed by atoms with E-state index in [-0.39, 0.29) is 22.1 Å². The fourth-order valence-corrected chi connectivity index (χ4v) is 6.96. The zero-order valence-corrected chi connectivity index (χ0v) is 19.6. The fraction of sp³-hybridized carbons (Fsp3) is 0.455. The number of hydrogen-bond donors (Lipinski definition) is 2. The minimum absolute atomic E-state index is 0.0529. The summed E-state index contributed by atoms with van der Waals surface area (Å²) in [7, 11) is -2.38. The van der Waals surface area contributed by atoms with Crippen molar-refractivity contribution in [2.45, 2.75) is 49.8 Å². The van der Waals surface area contributed by atoms with Crippen molar-refractivity contribution in [3.05, 3.63) is 45.1 Å². The van der Waals surface area contributed by atoms with Crippen LogP contribution in [0, 0.1) is 0 Å². The molecule has 8 nitrogen and oxygen atoms in total. The van der Waals surface area contributed by atoms with Crippen LogP contribution in [0.3, 0.4) is 0 Å². The molecule has 10 heteroatoms. The number of carbonyl (C=O) groups is 2. The van der Waals surface area contributed by atoms with Gasteiger partial charge in [-0.3, -0.25) is 20.4 Å². The maximum atomic E-state index is 13.0. The van der Waals surface area contributed by atoms with Crippen molar-refractivity contribution in [3.63, 3.8) is 0 Å². The quantitative estimate of drug-likeness (QED) is 0.509. The number of benzene rings is 1. The highest BCUT2D eigenvalue weighted by molar-refractivity contribution is 7.89. The molecule has 4 rings (SSSR count). The van der Waals surface area contributed by atoms with Crippen LogP contribution >= 0.6 is 11.3 Å².